The molecule has 0 saturated heterocycles. The van der Waals surface area contributed by atoms with Crippen LogP contribution in [0.1, 0.15) is 30.9 Å². The summed E-state index contributed by atoms with van der Waals surface area (Å²) >= 11 is 0. The summed E-state index contributed by atoms with van der Waals surface area (Å²) in [6.45, 7) is 3.99. The van der Waals surface area contributed by atoms with Crippen LogP contribution in [0.15, 0.2) is 24.3 Å². The first-order chi connectivity index (χ1) is 8.04. The molecule has 0 bridgehead atoms. The van der Waals surface area contributed by atoms with Gasteiger partial charge in [-0.2, -0.15) is 0 Å². The second-order valence-electron chi connectivity index (χ2n) is 4.02. The van der Waals surface area contributed by atoms with E-state index in [0.717, 1.165) is 22.4 Å². The highest BCUT2D eigenvalue weighted by molar-refractivity contribution is 5.71. The van der Waals surface area contributed by atoms with Gasteiger partial charge in [0.15, 0.2) is 0 Å². The van der Waals surface area contributed by atoms with Crippen molar-refractivity contribution in [2.45, 2.75) is 26.7 Å². The minimum atomic E-state index is -0.773. The zero-order valence-corrected chi connectivity index (χ0v) is 10.5. The first-order valence-corrected chi connectivity index (χ1v) is 5.58. The number of carboxylic acid groups (broad SMARTS) is 1. The molecule has 0 spiro atoms. The summed E-state index contributed by atoms with van der Waals surface area (Å²) in [5.41, 5.74) is 3.23. The van der Waals surface area contributed by atoms with E-state index in [4.69, 9.17) is 9.84 Å². The highest BCUT2D eigenvalue weighted by atomic mass is 16.5. The molecule has 0 aromatic heterocycles. The zero-order valence-electron chi connectivity index (χ0n) is 10.5. The van der Waals surface area contributed by atoms with Gasteiger partial charge in [0.1, 0.15) is 5.75 Å². The van der Waals surface area contributed by atoms with Crippen LogP contribution < -0.4 is 4.74 Å². The van der Waals surface area contributed by atoms with E-state index >= 15 is 0 Å². The smallest absolute Gasteiger partial charge is 0.303 e. The molecule has 0 aliphatic rings. The summed E-state index contributed by atoms with van der Waals surface area (Å²) in [5.74, 6) is 0.0462. The van der Waals surface area contributed by atoms with E-state index < -0.39 is 5.97 Å². The van der Waals surface area contributed by atoms with Gasteiger partial charge in [-0.1, -0.05) is 17.7 Å². The van der Waals surface area contributed by atoms with Gasteiger partial charge in [-0.15, -0.1) is 0 Å². The predicted octanol–water partition coefficient (Wildman–Crippen LogP) is 3.27. The number of carbonyl (C=O) groups is 1. The van der Waals surface area contributed by atoms with Crippen molar-refractivity contribution in [1.29, 1.82) is 0 Å². The van der Waals surface area contributed by atoms with Gasteiger partial charge >= 0.3 is 5.97 Å². The van der Waals surface area contributed by atoms with Crippen LogP contribution in [-0.4, -0.2) is 18.2 Å². The molecule has 0 amide bonds. The van der Waals surface area contributed by atoms with Gasteiger partial charge in [0.05, 0.1) is 7.11 Å². The van der Waals surface area contributed by atoms with E-state index in [1.807, 2.05) is 38.1 Å². The van der Waals surface area contributed by atoms with Crippen molar-refractivity contribution >= 4 is 11.5 Å². The highest BCUT2D eigenvalue weighted by Gasteiger charge is 2.05. The lowest BCUT2D eigenvalue weighted by molar-refractivity contribution is -0.136. The molecule has 92 valence electrons. The van der Waals surface area contributed by atoms with Crippen molar-refractivity contribution < 1.29 is 14.6 Å². The Labute approximate surface area is 102 Å². The van der Waals surface area contributed by atoms with Crippen LogP contribution >= 0.6 is 0 Å². The lowest BCUT2D eigenvalue weighted by Gasteiger charge is -2.09. The molecule has 1 aromatic carbocycles. The minimum Gasteiger partial charge on any atom is -0.496 e. The second-order valence-corrected chi connectivity index (χ2v) is 4.02. The average Bonchev–Trinajstić information content (AvgIpc) is 2.28. The fourth-order valence-electron chi connectivity index (χ4n) is 1.65. The monoisotopic (exact) mass is 234 g/mol. The van der Waals surface area contributed by atoms with Crippen molar-refractivity contribution in [1.82, 2.24) is 0 Å². The minimum absolute atomic E-state index is 0.158. The first kappa shape index (κ1) is 13.3. The number of carboxylic acids is 1. The van der Waals surface area contributed by atoms with Crippen LogP contribution in [0.2, 0.25) is 0 Å². The van der Waals surface area contributed by atoms with Crippen molar-refractivity contribution in [2.75, 3.05) is 7.11 Å². The summed E-state index contributed by atoms with van der Waals surface area (Å²) in [4.78, 5) is 10.4. The van der Waals surface area contributed by atoms with E-state index in [-0.39, 0.29) is 6.42 Å². The molecule has 0 heterocycles. The van der Waals surface area contributed by atoms with Crippen LogP contribution in [0, 0.1) is 6.92 Å². The molecular weight excluding hydrogens is 216 g/mol. The Morgan fingerprint density at radius 2 is 2.18 bits per heavy atom. The van der Waals surface area contributed by atoms with E-state index in [1.165, 1.54) is 0 Å². The molecule has 3 heteroatoms. The molecule has 0 atom stereocenters. The highest BCUT2D eigenvalue weighted by Crippen LogP contribution is 2.27. The predicted molar refractivity (Wildman–Crippen MR) is 68.3 cm³/mol. The van der Waals surface area contributed by atoms with E-state index in [1.54, 1.807) is 7.11 Å². The molecule has 1 aromatic rings. The molecule has 0 fully saturated rings. The molecule has 1 rings (SSSR count). The number of allylic oxidation sites excluding steroid dienone is 2. The van der Waals surface area contributed by atoms with E-state index in [0.29, 0.717) is 6.42 Å². The third kappa shape index (κ3) is 3.94. The van der Waals surface area contributed by atoms with Gasteiger partial charge in [-0.25, -0.2) is 0 Å². The van der Waals surface area contributed by atoms with Crippen molar-refractivity contribution in [3.05, 3.63) is 35.4 Å². The average molecular weight is 234 g/mol. The quantitative estimate of drug-likeness (QED) is 0.850. The normalized spacial score (nSPS) is 11.4. The van der Waals surface area contributed by atoms with Crippen LogP contribution in [0.4, 0.5) is 0 Å². The Bertz CT molecular complexity index is 433. The fourth-order valence-corrected chi connectivity index (χ4v) is 1.65. The summed E-state index contributed by atoms with van der Waals surface area (Å²) < 4.78 is 5.29. The Morgan fingerprint density at radius 1 is 1.47 bits per heavy atom. The fraction of sp³-hybridized carbons (Fsp3) is 0.357. The molecule has 0 radical (unpaired) electrons. The molecule has 0 aliphatic carbocycles. The maximum absolute atomic E-state index is 10.4. The Kier molecular flexibility index (Phi) is 4.76. The summed E-state index contributed by atoms with van der Waals surface area (Å²) in [6.07, 6.45) is 2.63. The van der Waals surface area contributed by atoms with Gasteiger partial charge < -0.3 is 9.84 Å². The SMILES string of the molecule is COc1ccc(C)cc1C(C)=CCCC(=O)O. The standard InChI is InChI=1S/C14H18O3/c1-10-7-8-13(17-3)12(9-10)11(2)5-4-6-14(15)16/h5,7-9H,4,6H2,1-3H3,(H,15,16). The zero-order chi connectivity index (χ0) is 12.8. The first-order valence-electron chi connectivity index (χ1n) is 5.58. The second kappa shape index (κ2) is 6.09. The van der Waals surface area contributed by atoms with Gasteiger partial charge in [0, 0.05) is 12.0 Å². The van der Waals surface area contributed by atoms with Gasteiger partial charge in [0.25, 0.3) is 0 Å². The number of hydrogen-bond donors (Lipinski definition) is 1. The lowest BCUT2D eigenvalue weighted by Crippen LogP contribution is -1.93. The molecular formula is C14H18O3. The summed E-state index contributed by atoms with van der Waals surface area (Å²) in [5, 5.41) is 8.59. The number of benzene rings is 1. The molecule has 0 saturated carbocycles. The van der Waals surface area contributed by atoms with E-state index in [2.05, 4.69) is 0 Å². The molecule has 3 nitrogen and oxygen atoms in total. The number of methoxy groups -OCH3 is 1. The molecule has 1 N–H and O–H groups in total. The molecule has 17 heavy (non-hydrogen) atoms. The van der Waals surface area contributed by atoms with Crippen molar-refractivity contribution in [2.24, 2.45) is 0 Å². The molecule has 0 aliphatic heterocycles. The van der Waals surface area contributed by atoms with E-state index in [9.17, 15) is 4.79 Å². The number of hydrogen-bond acceptors (Lipinski definition) is 2. The Balaban J connectivity index is 2.90. The van der Waals surface area contributed by atoms with Crippen LogP contribution in [0.25, 0.3) is 5.57 Å². The molecule has 0 unspecified atom stereocenters. The number of aryl methyl sites for hydroxylation is 1. The largest absolute Gasteiger partial charge is 0.496 e. The summed E-state index contributed by atoms with van der Waals surface area (Å²) in [6, 6.07) is 5.97. The maximum atomic E-state index is 10.4. The Morgan fingerprint density at radius 3 is 2.76 bits per heavy atom. The number of rotatable bonds is 5. The summed E-state index contributed by atoms with van der Waals surface area (Å²) in [7, 11) is 1.64. The third-order valence-electron chi connectivity index (χ3n) is 2.59. The van der Waals surface area contributed by atoms with Gasteiger partial charge in [0.2, 0.25) is 0 Å². The maximum Gasteiger partial charge on any atom is 0.303 e. The third-order valence-corrected chi connectivity index (χ3v) is 2.59. The number of aliphatic carboxylic acids is 1. The van der Waals surface area contributed by atoms with Crippen molar-refractivity contribution in [3.63, 3.8) is 0 Å². The van der Waals surface area contributed by atoms with Gasteiger partial charge in [-0.3, -0.25) is 4.79 Å². The van der Waals surface area contributed by atoms with Crippen molar-refractivity contribution in [3.8, 4) is 5.75 Å². The van der Waals surface area contributed by atoms with Crippen LogP contribution in [-0.2, 0) is 4.79 Å². The van der Waals surface area contributed by atoms with Crippen LogP contribution in [0.5, 0.6) is 5.75 Å². The van der Waals surface area contributed by atoms with Crippen LogP contribution in [0.3, 0.4) is 0 Å². The lowest BCUT2D eigenvalue weighted by atomic mass is 10.0. The topological polar surface area (TPSA) is 46.5 Å². The number of ether oxygens (including phenoxy) is 1. The Hall–Kier alpha value is -1.77. The van der Waals surface area contributed by atoms with Gasteiger partial charge in [-0.05, 0) is 38.0 Å².